The van der Waals surface area contributed by atoms with Gasteiger partial charge in [-0.25, -0.2) is 4.98 Å². The number of nitrogens with one attached hydrogen (secondary N) is 1. The van der Waals surface area contributed by atoms with Gasteiger partial charge in [-0.3, -0.25) is 4.79 Å². The SMILES string of the molecule is Nc1nc([S-])[nH]c(=O)c1N=O.[NH4+]. The Hall–Kier alpha value is -1.54. The molecule has 0 unspecified atom stereocenters. The maximum Gasteiger partial charge on any atom is 0.281 e. The number of aromatic nitrogens is 2. The third-order valence-electron chi connectivity index (χ3n) is 0.991. The summed E-state index contributed by atoms with van der Waals surface area (Å²) in [5.41, 5.74) is 4.00. The molecule has 0 aliphatic rings. The van der Waals surface area contributed by atoms with Gasteiger partial charge < -0.3 is 29.5 Å². The second-order valence-corrected chi connectivity index (χ2v) is 2.08. The van der Waals surface area contributed by atoms with Crippen LogP contribution in [0.15, 0.2) is 15.1 Å². The summed E-state index contributed by atoms with van der Waals surface area (Å²) in [6.07, 6.45) is 0. The van der Waals surface area contributed by atoms with Crippen LogP contribution in [0.2, 0.25) is 0 Å². The van der Waals surface area contributed by atoms with Crippen LogP contribution in [0.5, 0.6) is 0 Å². The Bertz CT molecular complexity index is 348. The van der Waals surface area contributed by atoms with Gasteiger partial charge in [0.05, 0.1) is 0 Å². The van der Waals surface area contributed by atoms with Crippen LogP contribution in [0.3, 0.4) is 0 Å². The van der Waals surface area contributed by atoms with Crippen LogP contribution in [0.1, 0.15) is 0 Å². The molecule has 0 spiro atoms. The maximum absolute atomic E-state index is 10.8. The van der Waals surface area contributed by atoms with Gasteiger partial charge in [0.1, 0.15) is 0 Å². The number of anilines is 1. The lowest BCUT2D eigenvalue weighted by Crippen LogP contribution is -2.11. The first-order valence-electron chi connectivity index (χ1n) is 2.55. The Morgan fingerprint density at radius 2 is 2.17 bits per heavy atom. The Morgan fingerprint density at radius 3 is 2.58 bits per heavy atom. The van der Waals surface area contributed by atoms with Crippen molar-refractivity contribution in [2.75, 3.05) is 5.73 Å². The van der Waals surface area contributed by atoms with Gasteiger partial charge in [0, 0.05) is 0 Å². The molecule has 0 saturated carbocycles. The third kappa shape index (κ3) is 1.74. The number of nitrogens with zero attached hydrogens (tertiary/aromatic N) is 2. The average molecular weight is 189 g/mol. The molecule has 1 aromatic heterocycles. The zero-order valence-electron chi connectivity index (χ0n) is 6.20. The van der Waals surface area contributed by atoms with E-state index < -0.39 is 11.2 Å². The molecule has 1 rings (SSSR count). The Morgan fingerprint density at radius 1 is 1.58 bits per heavy atom. The van der Waals surface area contributed by atoms with Gasteiger partial charge in [-0.1, -0.05) is 0 Å². The van der Waals surface area contributed by atoms with Crippen molar-refractivity contribution < 1.29 is 0 Å². The monoisotopic (exact) mass is 189 g/mol. The molecular formula is C4H7N5O2S. The number of hydrogen-bond acceptors (Lipinski definition) is 6. The van der Waals surface area contributed by atoms with Crippen molar-refractivity contribution >= 4 is 24.1 Å². The summed E-state index contributed by atoms with van der Waals surface area (Å²) in [5, 5.41) is 2.33. The summed E-state index contributed by atoms with van der Waals surface area (Å²) < 4.78 is 0. The molecule has 0 amide bonds. The lowest BCUT2D eigenvalue weighted by molar-refractivity contribution is 0.949. The van der Waals surface area contributed by atoms with E-state index in [1.165, 1.54) is 0 Å². The van der Waals surface area contributed by atoms with Crippen LogP contribution in [0.4, 0.5) is 11.5 Å². The van der Waals surface area contributed by atoms with Gasteiger partial charge >= 0.3 is 0 Å². The highest BCUT2D eigenvalue weighted by Gasteiger charge is 2.03. The molecule has 0 bridgehead atoms. The second-order valence-electron chi connectivity index (χ2n) is 1.70. The molecule has 1 aromatic rings. The maximum atomic E-state index is 10.8. The first-order valence-corrected chi connectivity index (χ1v) is 2.96. The molecule has 0 radical (unpaired) electrons. The zero-order valence-corrected chi connectivity index (χ0v) is 7.01. The van der Waals surface area contributed by atoms with Crippen molar-refractivity contribution in [3.63, 3.8) is 0 Å². The van der Waals surface area contributed by atoms with Crippen LogP contribution < -0.4 is 17.4 Å². The van der Waals surface area contributed by atoms with Crippen LogP contribution in [0, 0.1) is 4.91 Å². The number of rotatable bonds is 1. The molecule has 66 valence electrons. The first kappa shape index (κ1) is 10.5. The Balaban J connectivity index is 0.00000121. The van der Waals surface area contributed by atoms with E-state index >= 15 is 0 Å². The molecular weight excluding hydrogens is 182 g/mol. The zero-order chi connectivity index (χ0) is 8.43. The van der Waals surface area contributed by atoms with E-state index in [9.17, 15) is 9.70 Å². The van der Waals surface area contributed by atoms with E-state index in [1.807, 2.05) is 0 Å². The predicted molar refractivity (Wildman–Crippen MR) is 46.3 cm³/mol. The largest absolute Gasteiger partial charge is 0.742 e. The topological polar surface area (TPSA) is 138 Å². The lowest BCUT2D eigenvalue weighted by atomic mass is 10.5. The van der Waals surface area contributed by atoms with Crippen molar-refractivity contribution in [1.29, 1.82) is 0 Å². The van der Waals surface area contributed by atoms with Crippen LogP contribution in [-0.2, 0) is 12.6 Å². The minimum atomic E-state index is -0.711. The van der Waals surface area contributed by atoms with E-state index in [4.69, 9.17) is 5.73 Å². The van der Waals surface area contributed by atoms with Crippen molar-refractivity contribution in [3.05, 3.63) is 15.3 Å². The van der Waals surface area contributed by atoms with Crippen molar-refractivity contribution in [1.82, 2.24) is 16.1 Å². The molecule has 7 nitrogen and oxygen atoms in total. The minimum Gasteiger partial charge on any atom is -0.742 e. The Labute approximate surface area is 72.4 Å². The summed E-state index contributed by atoms with van der Waals surface area (Å²) in [7, 11) is 0. The lowest BCUT2D eigenvalue weighted by Gasteiger charge is -2.03. The van der Waals surface area contributed by atoms with E-state index in [-0.39, 0.29) is 17.1 Å². The summed E-state index contributed by atoms with van der Waals surface area (Å²) in [6, 6.07) is 0. The third-order valence-corrected chi connectivity index (χ3v) is 1.18. The van der Waals surface area contributed by atoms with Gasteiger partial charge in [-0.2, -0.15) is 0 Å². The fourth-order valence-electron chi connectivity index (χ4n) is 0.551. The number of aromatic amines is 1. The van der Waals surface area contributed by atoms with Crippen LogP contribution in [0.25, 0.3) is 0 Å². The molecule has 12 heavy (non-hydrogen) atoms. The van der Waals surface area contributed by atoms with Gasteiger partial charge in [-0.15, -0.1) is 4.91 Å². The van der Waals surface area contributed by atoms with E-state index in [2.05, 4.69) is 27.8 Å². The highest BCUT2D eigenvalue weighted by atomic mass is 32.1. The average Bonchev–Trinajstić information content (AvgIpc) is 1.85. The summed E-state index contributed by atoms with van der Waals surface area (Å²) >= 11 is 4.50. The minimum absolute atomic E-state index is 0. The first-order chi connectivity index (χ1) is 5.15. The van der Waals surface area contributed by atoms with Gasteiger partial charge in [0.25, 0.3) is 5.56 Å². The number of quaternary nitrogens is 1. The molecule has 0 aromatic carbocycles. The highest BCUT2D eigenvalue weighted by molar-refractivity contribution is 7.58. The molecule has 8 heteroatoms. The number of hydrogen-bond donors (Lipinski definition) is 3. The fraction of sp³-hybridized carbons (Fsp3) is 0. The van der Waals surface area contributed by atoms with E-state index in [1.54, 1.807) is 0 Å². The summed E-state index contributed by atoms with van der Waals surface area (Å²) in [6.45, 7) is 0. The van der Waals surface area contributed by atoms with Gasteiger partial charge in [-0.05, 0) is 10.3 Å². The fourth-order valence-corrected chi connectivity index (χ4v) is 0.742. The molecule has 1 heterocycles. The van der Waals surface area contributed by atoms with Crippen molar-refractivity contribution in [2.45, 2.75) is 5.16 Å². The molecule has 0 aliphatic carbocycles. The van der Waals surface area contributed by atoms with Crippen LogP contribution in [-0.4, -0.2) is 9.97 Å². The highest BCUT2D eigenvalue weighted by Crippen LogP contribution is 2.10. The second kappa shape index (κ2) is 3.74. The molecule has 0 fully saturated rings. The van der Waals surface area contributed by atoms with Crippen molar-refractivity contribution in [3.8, 4) is 0 Å². The van der Waals surface area contributed by atoms with Crippen LogP contribution >= 0.6 is 0 Å². The predicted octanol–water partition coefficient (Wildman–Crippen LogP) is 0.0320. The number of nitrogen functional groups attached to an aromatic ring is 1. The normalized spacial score (nSPS) is 8.67. The smallest absolute Gasteiger partial charge is 0.281 e. The molecule has 0 saturated heterocycles. The van der Waals surface area contributed by atoms with E-state index in [0.717, 1.165) is 0 Å². The standard InChI is InChI=1S/C4H4N4O2S.H3N/c5-2-1(8-10)3(9)7-4(11)6-2;/h(H4,5,6,7,9,11);1H3. The molecule has 0 atom stereocenters. The van der Waals surface area contributed by atoms with Gasteiger partial charge in [0.15, 0.2) is 5.82 Å². The Kier molecular flexibility index (Phi) is 3.26. The summed E-state index contributed by atoms with van der Waals surface area (Å²) in [4.78, 5) is 26.2. The number of H-pyrrole nitrogens is 1. The molecule has 0 aliphatic heterocycles. The van der Waals surface area contributed by atoms with Crippen molar-refractivity contribution in [2.24, 2.45) is 5.18 Å². The number of nitroso groups, excluding NO2 is 1. The molecule has 7 N–H and O–H groups in total. The van der Waals surface area contributed by atoms with E-state index in [0.29, 0.717) is 0 Å². The van der Waals surface area contributed by atoms with Gasteiger partial charge in [0.2, 0.25) is 5.69 Å². The number of nitrogens with two attached hydrogens (primary N) is 1. The summed E-state index contributed by atoms with van der Waals surface area (Å²) in [5.74, 6) is -0.242. The quantitative estimate of drug-likeness (QED) is 0.325.